The van der Waals surface area contributed by atoms with Crippen LogP contribution in [-0.4, -0.2) is 41.7 Å². The van der Waals surface area contributed by atoms with Crippen molar-refractivity contribution < 1.29 is 4.39 Å². The van der Waals surface area contributed by atoms with Crippen LogP contribution < -0.4 is 5.32 Å². The summed E-state index contributed by atoms with van der Waals surface area (Å²) in [4.78, 5) is 21.6. The molecule has 3 N–H and O–H groups in total. The van der Waals surface area contributed by atoms with E-state index in [1.165, 1.54) is 12.1 Å². The minimum atomic E-state index is -0.305. The van der Waals surface area contributed by atoms with Gasteiger partial charge in [0.05, 0.1) is 16.6 Å². The number of nitrogens with one attached hydrogen (secondary N) is 3. The molecule has 36 heavy (non-hydrogen) atoms. The van der Waals surface area contributed by atoms with E-state index in [1.807, 2.05) is 43.7 Å². The number of nitrogens with zero attached hydrogens (tertiary/aromatic N) is 5. The predicted octanol–water partition coefficient (Wildman–Crippen LogP) is 5.18. The Morgan fingerprint density at radius 3 is 2.69 bits per heavy atom. The average molecular weight is 479 g/mol. The standard InChI is InChI=1S/C27H23FN8/c1-3-29-11-16-8-18(13-30-12-16)19-10-21-24(35-36-26(21)32-14-19)27-33-22-4-5-31-23(25(22)34-27)17-6-15(2)7-20(28)9-17/h4-10,12-14,29H,3,11H2,1-2H3,(H,33,34)(H,32,35,36). The molecule has 6 rings (SSSR count). The molecule has 0 aliphatic rings. The van der Waals surface area contributed by atoms with Gasteiger partial charge in [0.15, 0.2) is 11.5 Å². The molecule has 9 heteroatoms. The number of benzene rings is 1. The van der Waals surface area contributed by atoms with E-state index >= 15 is 0 Å². The van der Waals surface area contributed by atoms with Crippen LogP contribution in [-0.2, 0) is 6.54 Å². The minimum absolute atomic E-state index is 0.305. The Morgan fingerprint density at radius 1 is 0.944 bits per heavy atom. The van der Waals surface area contributed by atoms with Crippen molar-refractivity contribution in [2.24, 2.45) is 0 Å². The lowest BCUT2D eigenvalue weighted by molar-refractivity contribution is 0.627. The molecule has 8 nitrogen and oxygen atoms in total. The highest BCUT2D eigenvalue weighted by Crippen LogP contribution is 2.32. The van der Waals surface area contributed by atoms with Gasteiger partial charge in [-0.05, 0) is 61.0 Å². The molecule has 6 aromatic rings. The van der Waals surface area contributed by atoms with E-state index in [0.29, 0.717) is 33.9 Å². The lowest BCUT2D eigenvalue weighted by atomic mass is 10.1. The Hall–Kier alpha value is -4.50. The van der Waals surface area contributed by atoms with Gasteiger partial charge in [0.25, 0.3) is 0 Å². The molecule has 0 saturated carbocycles. The Bertz CT molecular complexity index is 1700. The SMILES string of the molecule is CCNCc1cncc(-c2cnc3[nH]nc(-c4nc5c(-c6cc(C)cc(F)c6)nccc5[nH]4)c3c2)c1. The van der Waals surface area contributed by atoms with Crippen molar-refractivity contribution in [3.8, 4) is 33.9 Å². The molecule has 178 valence electrons. The zero-order valence-corrected chi connectivity index (χ0v) is 19.8. The van der Waals surface area contributed by atoms with Crippen molar-refractivity contribution in [3.63, 3.8) is 0 Å². The molecule has 0 unspecified atom stereocenters. The number of imidazole rings is 1. The third-order valence-corrected chi connectivity index (χ3v) is 6.06. The number of fused-ring (bicyclic) bond motifs is 2. The zero-order chi connectivity index (χ0) is 24.6. The van der Waals surface area contributed by atoms with Gasteiger partial charge in [-0.1, -0.05) is 6.92 Å². The highest BCUT2D eigenvalue weighted by atomic mass is 19.1. The number of H-pyrrole nitrogens is 2. The largest absolute Gasteiger partial charge is 0.336 e. The fraction of sp³-hybridized carbons (Fsp3) is 0.148. The molecule has 0 amide bonds. The number of halogens is 1. The molecule has 0 saturated heterocycles. The molecular formula is C27H23FN8. The lowest BCUT2D eigenvalue weighted by Crippen LogP contribution is -2.11. The van der Waals surface area contributed by atoms with Crippen LogP contribution >= 0.6 is 0 Å². The number of aromatic amines is 2. The Labute approximate surface area is 206 Å². The van der Waals surface area contributed by atoms with Gasteiger partial charge in [-0.2, -0.15) is 5.10 Å². The van der Waals surface area contributed by atoms with Crippen LogP contribution in [0.2, 0.25) is 0 Å². The van der Waals surface area contributed by atoms with Gasteiger partial charge < -0.3 is 10.3 Å². The molecule has 0 atom stereocenters. The van der Waals surface area contributed by atoms with Gasteiger partial charge in [-0.3, -0.25) is 15.1 Å². The van der Waals surface area contributed by atoms with E-state index in [1.54, 1.807) is 6.20 Å². The molecule has 0 radical (unpaired) electrons. The maximum atomic E-state index is 14.1. The summed E-state index contributed by atoms with van der Waals surface area (Å²) in [6.45, 7) is 5.58. The summed E-state index contributed by atoms with van der Waals surface area (Å²) in [6.07, 6.45) is 7.19. The topological polar surface area (TPSA) is 108 Å². The molecule has 5 aromatic heterocycles. The first-order valence-corrected chi connectivity index (χ1v) is 11.7. The maximum Gasteiger partial charge on any atom is 0.159 e. The van der Waals surface area contributed by atoms with Gasteiger partial charge in [-0.25, -0.2) is 14.4 Å². The number of aryl methyl sites for hydroxylation is 1. The van der Waals surface area contributed by atoms with Crippen LogP contribution in [0.15, 0.2) is 61.2 Å². The minimum Gasteiger partial charge on any atom is -0.336 e. The first-order valence-electron chi connectivity index (χ1n) is 11.7. The number of hydrogen-bond acceptors (Lipinski definition) is 6. The summed E-state index contributed by atoms with van der Waals surface area (Å²) in [5, 5.41) is 11.7. The van der Waals surface area contributed by atoms with Gasteiger partial charge in [0.1, 0.15) is 17.0 Å². The summed E-state index contributed by atoms with van der Waals surface area (Å²) < 4.78 is 14.1. The highest BCUT2D eigenvalue weighted by Gasteiger charge is 2.17. The molecule has 0 spiro atoms. The van der Waals surface area contributed by atoms with Gasteiger partial charge >= 0.3 is 0 Å². The van der Waals surface area contributed by atoms with Gasteiger partial charge in [-0.15, -0.1) is 0 Å². The van der Waals surface area contributed by atoms with Gasteiger partial charge in [0.2, 0.25) is 0 Å². The van der Waals surface area contributed by atoms with E-state index in [4.69, 9.17) is 4.98 Å². The number of aromatic nitrogens is 7. The summed E-state index contributed by atoms with van der Waals surface area (Å²) in [7, 11) is 0. The van der Waals surface area contributed by atoms with Crippen molar-refractivity contribution in [1.29, 1.82) is 0 Å². The van der Waals surface area contributed by atoms with Crippen molar-refractivity contribution in [2.75, 3.05) is 6.54 Å². The molecule has 0 fully saturated rings. The summed E-state index contributed by atoms with van der Waals surface area (Å²) in [5.74, 6) is 0.275. The normalized spacial score (nSPS) is 11.5. The van der Waals surface area contributed by atoms with Crippen LogP contribution in [0.1, 0.15) is 18.1 Å². The molecular weight excluding hydrogens is 455 g/mol. The zero-order valence-electron chi connectivity index (χ0n) is 19.8. The average Bonchev–Trinajstić information content (AvgIpc) is 3.50. The Balaban J connectivity index is 1.44. The van der Waals surface area contributed by atoms with Gasteiger partial charge in [0, 0.05) is 48.0 Å². The van der Waals surface area contributed by atoms with E-state index in [2.05, 4.69) is 48.4 Å². The first kappa shape index (κ1) is 22.0. The quantitative estimate of drug-likeness (QED) is 0.304. The maximum absolute atomic E-state index is 14.1. The van der Waals surface area contributed by atoms with E-state index in [-0.39, 0.29) is 5.82 Å². The van der Waals surface area contributed by atoms with E-state index in [0.717, 1.165) is 46.2 Å². The van der Waals surface area contributed by atoms with Crippen LogP contribution in [0.5, 0.6) is 0 Å². The number of hydrogen-bond donors (Lipinski definition) is 3. The van der Waals surface area contributed by atoms with Crippen LogP contribution in [0.3, 0.4) is 0 Å². The smallest absolute Gasteiger partial charge is 0.159 e. The van der Waals surface area contributed by atoms with Crippen molar-refractivity contribution in [3.05, 3.63) is 78.1 Å². The van der Waals surface area contributed by atoms with E-state index in [9.17, 15) is 4.39 Å². The Morgan fingerprint density at radius 2 is 1.83 bits per heavy atom. The monoisotopic (exact) mass is 478 g/mol. The lowest BCUT2D eigenvalue weighted by Gasteiger charge is -2.05. The molecule has 0 aliphatic carbocycles. The van der Waals surface area contributed by atoms with E-state index < -0.39 is 0 Å². The summed E-state index contributed by atoms with van der Waals surface area (Å²) in [6, 6.07) is 10.9. The third kappa shape index (κ3) is 3.99. The summed E-state index contributed by atoms with van der Waals surface area (Å²) in [5.41, 5.74) is 7.87. The second-order valence-electron chi connectivity index (χ2n) is 8.71. The first-order chi connectivity index (χ1) is 17.6. The molecule has 0 aliphatic heterocycles. The predicted molar refractivity (Wildman–Crippen MR) is 138 cm³/mol. The van der Waals surface area contributed by atoms with Crippen molar-refractivity contribution in [2.45, 2.75) is 20.4 Å². The second-order valence-corrected chi connectivity index (χ2v) is 8.71. The van der Waals surface area contributed by atoms with Crippen LogP contribution in [0.25, 0.3) is 56.0 Å². The molecule has 1 aromatic carbocycles. The van der Waals surface area contributed by atoms with Crippen molar-refractivity contribution in [1.82, 2.24) is 40.4 Å². The molecule has 0 bridgehead atoms. The molecule has 5 heterocycles. The third-order valence-electron chi connectivity index (χ3n) is 6.06. The summed E-state index contributed by atoms with van der Waals surface area (Å²) >= 11 is 0. The fourth-order valence-corrected chi connectivity index (χ4v) is 4.39. The second kappa shape index (κ2) is 8.94. The van der Waals surface area contributed by atoms with Crippen molar-refractivity contribution >= 4 is 22.1 Å². The Kier molecular flexibility index (Phi) is 5.46. The number of rotatable bonds is 6. The number of pyridine rings is 3. The highest BCUT2D eigenvalue weighted by molar-refractivity contribution is 5.96. The van der Waals surface area contributed by atoms with Crippen LogP contribution in [0.4, 0.5) is 4.39 Å². The fourth-order valence-electron chi connectivity index (χ4n) is 4.39. The van der Waals surface area contributed by atoms with Crippen LogP contribution in [0, 0.1) is 12.7 Å².